The molecule has 0 aromatic heterocycles. The molecule has 0 amide bonds. The van der Waals surface area contributed by atoms with Crippen LogP contribution in [0.5, 0.6) is 5.75 Å². The zero-order valence-corrected chi connectivity index (χ0v) is 11.7. The van der Waals surface area contributed by atoms with Crippen molar-refractivity contribution in [2.75, 3.05) is 12.8 Å². The molecule has 9 heteroatoms. The van der Waals surface area contributed by atoms with Crippen LogP contribution in [0.2, 0.25) is 0 Å². The van der Waals surface area contributed by atoms with Gasteiger partial charge in [0.1, 0.15) is 5.75 Å². The number of nitrogens with one attached hydrogen (secondary N) is 1. The molecular formula is C11H15F3N2O3S. The van der Waals surface area contributed by atoms with E-state index in [4.69, 9.17) is 10.5 Å². The third-order valence-electron chi connectivity index (χ3n) is 2.41. The number of hydrogen-bond acceptors (Lipinski definition) is 4. The van der Waals surface area contributed by atoms with Gasteiger partial charge < -0.3 is 10.5 Å². The Kier molecular flexibility index (Phi) is 4.87. The van der Waals surface area contributed by atoms with E-state index in [0.29, 0.717) is 0 Å². The lowest BCUT2D eigenvalue weighted by Crippen LogP contribution is -2.35. The maximum absolute atomic E-state index is 12.2. The Morgan fingerprint density at radius 3 is 2.45 bits per heavy atom. The Morgan fingerprint density at radius 2 is 2.00 bits per heavy atom. The van der Waals surface area contributed by atoms with Gasteiger partial charge in [-0.1, -0.05) is 0 Å². The lowest BCUT2D eigenvalue weighted by atomic mass is 10.2. The van der Waals surface area contributed by atoms with Gasteiger partial charge in [0.15, 0.2) is 0 Å². The summed E-state index contributed by atoms with van der Waals surface area (Å²) in [7, 11) is -2.70. The van der Waals surface area contributed by atoms with E-state index in [1.54, 1.807) is 0 Å². The Labute approximate surface area is 115 Å². The van der Waals surface area contributed by atoms with Crippen LogP contribution in [0, 0.1) is 0 Å². The molecule has 1 aromatic rings. The number of anilines is 1. The molecule has 0 spiro atoms. The molecule has 20 heavy (non-hydrogen) atoms. The lowest BCUT2D eigenvalue weighted by molar-refractivity contribution is -0.137. The van der Waals surface area contributed by atoms with E-state index in [0.717, 1.165) is 13.0 Å². The molecule has 0 radical (unpaired) electrons. The maximum atomic E-state index is 12.2. The molecule has 0 aliphatic heterocycles. The highest BCUT2D eigenvalue weighted by Crippen LogP contribution is 2.25. The number of benzene rings is 1. The molecule has 3 N–H and O–H groups in total. The van der Waals surface area contributed by atoms with Gasteiger partial charge in [0.2, 0.25) is 10.0 Å². The lowest BCUT2D eigenvalue weighted by Gasteiger charge is -2.16. The van der Waals surface area contributed by atoms with Crippen molar-refractivity contribution in [3.8, 4) is 5.75 Å². The predicted molar refractivity (Wildman–Crippen MR) is 67.9 cm³/mol. The summed E-state index contributed by atoms with van der Waals surface area (Å²) in [6.45, 7) is 1.14. The van der Waals surface area contributed by atoms with Crippen molar-refractivity contribution < 1.29 is 26.3 Å². The summed E-state index contributed by atoms with van der Waals surface area (Å²) in [6.07, 6.45) is -5.70. The first-order valence-electron chi connectivity index (χ1n) is 5.58. The van der Waals surface area contributed by atoms with Crippen LogP contribution in [-0.2, 0) is 10.0 Å². The van der Waals surface area contributed by atoms with E-state index in [2.05, 4.69) is 0 Å². The van der Waals surface area contributed by atoms with Gasteiger partial charge in [0.25, 0.3) is 0 Å². The maximum Gasteiger partial charge on any atom is 0.390 e. The Morgan fingerprint density at radius 1 is 1.40 bits per heavy atom. The summed E-state index contributed by atoms with van der Waals surface area (Å²) in [5, 5.41) is 0. The smallest absolute Gasteiger partial charge is 0.390 e. The first-order chi connectivity index (χ1) is 9.05. The van der Waals surface area contributed by atoms with Crippen molar-refractivity contribution >= 4 is 15.7 Å². The molecule has 0 bridgehead atoms. The molecule has 0 heterocycles. The normalized spacial score (nSPS) is 14.1. The zero-order valence-electron chi connectivity index (χ0n) is 10.9. The predicted octanol–water partition coefficient (Wildman–Crippen LogP) is 1.90. The van der Waals surface area contributed by atoms with E-state index in [1.807, 2.05) is 4.72 Å². The Hall–Kier alpha value is -1.48. The molecule has 0 aliphatic carbocycles. The molecule has 0 fully saturated rings. The number of sulfonamides is 1. The third-order valence-corrected chi connectivity index (χ3v) is 3.99. The summed E-state index contributed by atoms with van der Waals surface area (Å²) in [5.41, 5.74) is 5.65. The fourth-order valence-electron chi connectivity index (χ4n) is 1.60. The van der Waals surface area contributed by atoms with Gasteiger partial charge in [0.05, 0.1) is 24.1 Å². The second-order valence-electron chi connectivity index (χ2n) is 4.25. The number of alkyl halides is 3. The van der Waals surface area contributed by atoms with Crippen molar-refractivity contribution in [3.63, 3.8) is 0 Å². The first-order valence-corrected chi connectivity index (χ1v) is 7.06. The topological polar surface area (TPSA) is 81.4 Å². The molecule has 1 aromatic carbocycles. The molecule has 1 rings (SSSR count). The van der Waals surface area contributed by atoms with Gasteiger partial charge >= 0.3 is 6.18 Å². The van der Waals surface area contributed by atoms with Gasteiger partial charge in [-0.05, 0) is 25.1 Å². The van der Waals surface area contributed by atoms with Crippen molar-refractivity contribution in [1.82, 2.24) is 4.72 Å². The van der Waals surface area contributed by atoms with E-state index in [9.17, 15) is 21.6 Å². The Balaban J connectivity index is 2.91. The average molecular weight is 312 g/mol. The summed E-state index contributed by atoms with van der Waals surface area (Å²) < 4.78 is 67.2. The SMILES string of the molecule is COc1ccc(S(=O)(=O)NC(C)CC(F)(F)F)cc1N. The van der Waals surface area contributed by atoms with E-state index in [1.165, 1.54) is 19.2 Å². The highest BCUT2D eigenvalue weighted by molar-refractivity contribution is 7.89. The number of halogens is 3. The molecular weight excluding hydrogens is 297 g/mol. The van der Waals surface area contributed by atoms with Crippen molar-refractivity contribution in [1.29, 1.82) is 0 Å². The summed E-state index contributed by atoms with van der Waals surface area (Å²) in [5.74, 6) is 0.285. The van der Waals surface area contributed by atoms with Crippen LogP contribution in [0.1, 0.15) is 13.3 Å². The monoisotopic (exact) mass is 312 g/mol. The van der Waals surface area contributed by atoms with Crippen LogP contribution in [0.4, 0.5) is 18.9 Å². The summed E-state index contributed by atoms with van der Waals surface area (Å²) >= 11 is 0. The zero-order chi connectivity index (χ0) is 15.6. The minimum absolute atomic E-state index is 0.0823. The number of nitrogen functional groups attached to an aromatic ring is 1. The molecule has 0 saturated carbocycles. The summed E-state index contributed by atoms with van der Waals surface area (Å²) in [4.78, 5) is -0.218. The number of ether oxygens (including phenoxy) is 1. The van der Waals surface area contributed by atoms with Crippen molar-refractivity contribution in [2.24, 2.45) is 0 Å². The molecule has 5 nitrogen and oxygen atoms in total. The van der Waals surface area contributed by atoms with Gasteiger partial charge in [-0.25, -0.2) is 13.1 Å². The van der Waals surface area contributed by atoms with Crippen LogP contribution < -0.4 is 15.2 Å². The fourth-order valence-corrected chi connectivity index (χ4v) is 2.88. The van der Waals surface area contributed by atoms with E-state index in [-0.39, 0.29) is 16.3 Å². The van der Waals surface area contributed by atoms with Crippen LogP contribution in [0.25, 0.3) is 0 Å². The third kappa shape index (κ3) is 4.57. The first kappa shape index (κ1) is 16.6. The standard InChI is InChI=1S/C11H15F3N2O3S/c1-7(6-11(12,13)14)16-20(17,18)8-3-4-10(19-2)9(15)5-8/h3-5,7,16H,6,15H2,1-2H3. The minimum Gasteiger partial charge on any atom is -0.495 e. The van der Waals surface area contributed by atoms with Crippen LogP contribution in [-0.4, -0.2) is 27.7 Å². The second kappa shape index (κ2) is 5.88. The van der Waals surface area contributed by atoms with Crippen molar-refractivity contribution in [3.05, 3.63) is 18.2 Å². The van der Waals surface area contributed by atoms with Gasteiger partial charge in [0, 0.05) is 6.04 Å². The largest absolute Gasteiger partial charge is 0.495 e. The van der Waals surface area contributed by atoms with Crippen molar-refractivity contribution in [2.45, 2.75) is 30.5 Å². The molecule has 114 valence electrons. The van der Waals surface area contributed by atoms with Crippen LogP contribution in [0.3, 0.4) is 0 Å². The van der Waals surface area contributed by atoms with Gasteiger partial charge in [-0.2, -0.15) is 13.2 Å². The van der Waals surface area contributed by atoms with Gasteiger partial charge in [-0.15, -0.1) is 0 Å². The Bertz CT molecular complexity index is 573. The molecule has 1 unspecified atom stereocenters. The molecule has 1 atom stereocenters. The molecule has 0 saturated heterocycles. The average Bonchev–Trinajstić information content (AvgIpc) is 2.25. The number of rotatable bonds is 5. The number of nitrogens with two attached hydrogens (primary N) is 1. The summed E-state index contributed by atoms with van der Waals surface area (Å²) in [6, 6.07) is 2.39. The highest BCUT2D eigenvalue weighted by atomic mass is 32.2. The van der Waals surface area contributed by atoms with Crippen LogP contribution in [0.15, 0.2) is 23.1 Å². The number of hydrogen-bond donors (Lipinski definition) is 2. The quantitative estimate of drug-likeness (QED) is 0.814. The minimum atomic E-state index is -4.44. The van der Waals surface area contributed by atoms with E-state index < -0.39 is 28.7 Å². The van der Waals surface area contributed by atoms with E-state index >= 15 is 0 Å². The van der Waals surface area contributed by atoms with Crippen LogP contribution >= 0.6 is 0 Å². The number of methoxy groups -OCH3 is 1. The molecule has 0 aliphatic rings. The highest BCUT2D eigenvalue weighted by Gasteiger charge is 2.32. The fraction of sp³-hybridized carbons (Fsp3) is 0.455. The van der Waals surface area contributed by atoms with Gasteiger partial charge in [-0.3, -0.25) is 0 Å². The second-order valence-corrected chi connectivity index (χ2v) is 5.96.